The lowest BCUT2D eigenvalue weighted by atomic mass is 9.94. The van der Waals surface area contributed by atoms with E-state index in [2.05, 4.69) is 0 Å². The van der Waals surface area contributed by atoms with Gasteiger partial charge in [-0.2, -0.15) is 0 Å². The molecule has 1 aromatic rings. The van der Waals surface area contributed by atoms with Crippen molar-refractivity contribution in [3.8, 4) is 0 Å². The van der Waals surface area contributed by atoms with Gasteiger partial charge in [-0.25, -0.2) is 0 Å². The van der Waals surface area contributed by atoms with E-state index in [0.29, 0.717) is 5.02 Å². The molecule has 0 aliphatic carbocycles. The van der Waals surface area contributed by atoms with Gasteiger partial charge in [-0.1, -0.05) is 23.7 Å². The maximum absolute atomic E-state index is 10.8. The molecule has 3 N–H and O–H groups in total. The van der Waals surface area contributed by atoms with E-state index in [1.807, 2.05) is 0 Å². The standard InChI is InChI=1S/C10H12ClNO2/c1-10(12,9(13)14)6-7-3-2-4-8(11)5-7/h2-5H,6,12H2,1H3,(H,13,14)/t10-/m0/s1. The van der Waals surface area contributed by atoms with E-state index >= 15 is 0 Å². The van der Waals surface area contributed by atoms with Crippen molar-refractivity contribution in [2.75, 3.05) is 0 Å². The van der Waals surface area contributed by atoms with Gasteiger partial charge in [0.05, 0.1) is 0 Å². The molecule has 0 fully saturated rings. The van der Waals surface area contributed by atoms with Crippen molar-refractivity contribution in [1.82, 2.24) is 0 Å². The summed E-state index contributed by atoms with van der Waals surface area (Å²) < 4.78 is 0. The lowest BCUT2D eigenvalue weighted by molar-refractivity contribution is -0.142. The van der Waals surface area contributed by atoms with Crippen LogP contribution in [-0.4, -0.2) is 16.6 Å². The minimum Gasteiger partial charge on any atom is -0.480 e. The molecule has 0 unspecified atom stereocenters. The van der Waals surface area contributed by atoms with Crippen LogP contribution in [0.2, 0.25) is 5.02 Å². The number of aliphatic carboxylic acids is 1. The van der Waals surface area contributed by atoms with Crippen LogP contribution in [0.4, 0.5) is 0 Å². The fraction of sp³-hybridized carbons (Fsp3) is 0.300. The topological polar surface area (TPSA) is 63.3 Å². The van der Waals surface area contributed by atoms with Crippen molar-refractivity contribution < 1.29 is 9.90 Å². The second kappa shape index (κ2) is 3.98. The Hall–Kier alpha value is -1.06. The molecule has 4 heteroatoms. The molecule has 0 aliphatic rings. The van der Waals surface area contributed by atoms with Gasteiger partial charge in [-0.3, -0.25) is 4.79 Å². The molecule has 0 radical (unpaired) electrons. The molecule has 1 atom stereocenters. The van der Waals surface area contributed by atoms with Crippen molar-refractivity contribution >= 4 is 17.6 Å². The predicted octanol–water partition coefficient (Wildman–Crippen LogP) is 1.68. The van der Waals surface area contributed by atoms with Gasteiger partial charge in [-0.15, -0.1) is 0 Å². The molecule has 0 spiro atoms. The first-order valence-corrected chi connectivity index (χ1v) is 4.56. The second-order valence-corrected chi connectivity index (χ2v) is 3.97. The summed E-state index contributed by atoms with van der Waals surface area (Å²) in [4.78, 5) is 10.8. The molecule has 0 saturated heterocycles. The van der Waals surface area contributed by atoms with Crippen molar-refractivity contribution in [2.24, 2.45) is 5.73 Å². The summed E-state index contributed by atoms with van der Waals surface area (Å²) in [6.45, 7) is 1.48. The molecular formula is C10H12ClNO2. The molecule has 0 bridgehead atoms. The summed E-state index contributed by atoms with van der Waals surface area (Å²) in [5.74, 6) is -1.02. The molecule has 1 rings (SSSR count). The maximum atomic E-state index is 10.8. The van der Waals surface area contributed by atoms with Crippen LogP contribution in [0.5, 0.6) is 0 Å². The highest BCUT2D eigenvalue weighted by Crippen LogP contribution is 2.15. The SMILES string of the molecule is C[C@](N)(Cc1cccc(Cl)c1)C(=O)O. The summed E-state index contributed by atoms with van der Waals surface area (Å²) in [5.41, 5.74) is 5.18. The molecule has 0 heterocycles. The first-order valence-electron chi connectivity index (χ1n) is 4.18. The van der Waals surface area contributed by atoms with Crippen molar-refractivity contribution in [3.05, 3.63) is 34.9 Å². The Labute approximate surface area is 87.5 Å². The molecule has 3 nitrogen and oxygen atoms in total. The zero-order chi connectivity index (χ0) is 10.8. The maximum Gasteiger partial charge on any atom is 0.323 e. The van der Waals surface area contributed by atoms with Crippen LogP contribution in [0, 0.1) is 0 Å². The number of halogens is 1. The van der Waals surface area contributed by atoms with Crippen LogP contribution in [0.3, 0.4) is 0 Å². The Morgan fingerprint density at radius 2 is 2.29 bits per heavy atom. The minimum absolute atomic E-state index is 0.267. The third-order valence-electron chi connectivity index (χ3n) is 1.95. The summed E-state index contributed by atoms with van der Waals surface area (Å²) in [5, 5.41) is 9.40. The molecule has 76 valence electrons. The van der Waals surface area contributed by atoms with Crippen LogP contribution in [0.25, 0.3) is 0 Å². The summed E-state index contributed by atoms with van der Waals surface area (Å²) in [7, 11) is 0. The van der Waals surface area contributed by atoms with E-state index < -0.39 is 11.5 Å². The van der Waals surface area contributed by atoms with E-state index in [-0.39, 0.29) is 6.42 Å². The average molecular weight is 214 g/mol. The van der Waals surface area contributed by atoms with Crippen LogP contribution in [0.15, 0.2) is 24.3 Å². The fourth-order valence-electron chi connectivity index (χ4n) is 1.15. The van der Waals surface area contributed by atoms with E-state index in [1.54, 1.807) is 24.3 Å². The lowest BCUT2D eigenvalue weighted by Crippen LogP contribution is -2.46. The third-order valence-corrected chi connectivity index (χ3v) is 2.18. The number of carbonyl (C=O) groups is 1. The van der Waals surface area contributed by atoms with Crippen molar-refractivity contribution in [3.63, 3.8) is 0 Å². The quantitative estimate of drug-likeness (QED) is 0.803. The number of carboxylic acids is 1. The van der Waals surface area contributed by atoms with Gasteiger partial charge in [0.15, 0.2) is 0 Å². The molecule has 14 heavy (non-hydrogen) atoms. The first kappa shape index (κ1) is 11.0. The van der Waals surface area contributed by atoms with E-state index in [9.17, 15) is 4.79 Å². The van der Waals surface area contributed by atoms with Crippen LogP contribution >= 0.6 is 11.6 Å². The number of benzene rings is 1. The van der Waals surface area contributed by atoms with Gasteiger partial charge in [0.1, 0.15) is 5.54 Å². The van der Waals surface area contributed by atoms with Gasteiger partial charge < -0.3 is 10.8 Å². The number of nitrogens with two attached hydrogens (primary N) is 1. The number of rotatable bonds is 3. The predicted molar refractivity (Wildman–Crippen MR) is 55.4 cm³/mol. The first-order chi connectivity index (χ1) is 6.42. The number of hydrogen-bond donors (Lipinski definition) is 2. The molecule has 0 saturated carbocycles. The van der Waals surface area contributed by atoms with Gasteiger partial charge >= 0.3 is 5.97 Å². The smallest absolute Gasteiger partial charge is 0.323 e. The lowest BCUT2D eigenvalue weighted by Gasteiger charge is -2.18. The molecular weight excluding hydrogens is 202 g/mol. The highest BCUT2D eigenvalue weighted by atomic mass is 35.5. The fourth-order valence-corrected chi connectivity index (χ4v) is 1.36. The van der Waals surface area contributed by atoms with E-state index in [1.165, 1.54) is 6.92 Å². The van der Waals surface area contributed by atoms with Gasteiger partial charge in [0, 0.05) is 11.4 Å². The highest BCUT2D eigenvalue weighted by Gasteiger charge is 2.27. The Balaban J connectivity index is 2.83. The summed E-state index contributed by atoms with van der Waals surface area (Å²) in [6.07, 6.45) is 0.267. The Morgan fingerprint density at radius 3 is 2.79 bits per heavy atom. The summed E-state index contributed by atoms with van der Waals surface area (Å²) in [6, 6.07) is 7.03. The van der Waals surface area contributed by atoms with E-state index in [0.717, 1.165) is 5.56 Å². The van der Waals surface area contributed by atoms with Crippen molar-refractivity contribution in [2.45, 2.75) is 18.9 Å². The van der Waals surface area contributed by atoms with Crippen LogP contribution < -0.4 is 5.73 Å². The van der Waals surface area contributed by atoms with Crippen LogP contribution in [0.1, 0.15) is 12.5 Å². The largest absolute Gasteiger partial charge is 0.480 e. The average Bonchev–Trinajstić information content (AvgIpc) is 2.02. The molecule has 0 aromatic heterocycles. The molecule has 1 aromatic carbocycles. The Morgan fingerprint density at radius 1 is 1.64 bits per heavy atom. The number of hydrogen-bond acceptors (Lipinski definition) is 2. The monoisotopic (exact) mass is 213 g/mol. The minimum atomic E-state index is -1.25. The highest BCUT2D eigenvalue weighted by molar-refractivity contribution is 6.30. The third kappa shape index (κ3) is 2.72. The molecule has 0 aliphatic heterocycles. The van der Waals surface area contributed by atoms with Crippen molar-refractivity contribution in [1.29, 1.82) is 0 Å². The van der Waals surface area contributed by atoms with Gasteiger partial charge in [0.2, 0.25) is 0 Å². The Kier molecular flexibility index (Phi) is 3.13. The van der Waals surface area contributed by atoms with E-state index in [4.69, 9.17) is 22.4 Å². The van der Waals surface area contributed by atoms with Gasteiger partial charge in [-0.05, 0) is 24.6 Å². The van der Waals surface area contributed by atoms with Crippen LogP contribution in [-0.2, 0) is 11.2 Å². The zero-order valence-electron chi connectivity index (χ0n) is 7.83. The Bertz CT molecular complexity index is 350. The van der Waals surface area contributed by atoms with Gasteiger partial charge in [0.25, 0.3) is 0 Å². The number of carboxylic acid groups (broad SMARTS) is 1. The summed E-state index contributed by atoms with van der Waals surface area (Å²) >= 11 is 5.77. The zero-order valence-corrected chi connectivity index (χ0v) is 8.58. The molecule has 0 amide bonds. The second-order valence-electron chi connectivity index (χ2n) is 3.53. The normalized spacial score (nSPS) is 14.8.